The average Bonchev–Trinajstić information content (AvgIpc) is 3.44. The number of hydrogen-bond acceptors (Lipinski definition) is 8. The van der Waals surface area contributed by atoms with Crippen molar-refractivity contribution in [2.75, 3.05) is 19.0 Å². The van der Waals surface area contributed by atoms with Gasteiger partial charge in [0.05, 0.1) is 24.6 Å². The standard InChI is InChI=1S/C21H24FN7O4/c1-31-9-12-8-29-16(24-12)2-3-23-19(29)25-15-4-13(27-28-15)18-17(22)14(10-32-18)33-20(30)26-21-5-11(6-21)7-21/h2-4,8,11,14,17-18H,5-7,9-10H2,1H3,(H,26,30)(H2,23,25,27,28)/t11?,14-,17+,18-,21?/m1/s1. The fourth-order valence-electron chi connectivity index (χ4n) is 4.89. The van der Waals surface area contributed by atoms with E-state index in [4.69, 9.17) is 14.2 Å². The highest BCUT2D eigenvalue weighted by Crippen LogP contribution is 2.57. The van der Waals surface area contributed by atoms with Gasteiger partial charge in [0, 0.05) is 31.1 Å². The van der Waals surface area contributed by atoms with Crippen LogP contribution < -0.4 is 10.6 Å². The maximum absolute atomic E-state index is 15.0. The van der Waals surface area contributed by atoms with Crippen LogP contribution in [0.25, 0.3) is 5.65 Å². The molecular formula is C21H24FN7O4. The topological polar surface area (TPSA) is 128 Å². The first kappa shape index (κ1) is 20.4. The summed E-state index contributed by atoms with van der Waals surface area (Å²) in [5.74, 6) is 1.66. The summed E-state index contributed by atoms with van der Waals surface area (Å²) in [6.07, 6.45) is 2.45. The van der Waals surface area contributed by atoms with Crippen LogP contribution in [-0.2, 0) is 20.8 Å². The highest BCUT2D eigenvalue weighted by atomic mass is 19.1. The third-order valence-electron chi connectivity index (χ3n) is 6.62. The van der Waals surface area contributed by atoms with Gasteiger partial charge in [0.1, 0.15) is 11.8 Å². The van der Waals surface area contributed by atoms with Gasteiger partial charge in [-0.25, -0.2) is 19.2 Å². The molecule has 1 aliphatic heterocycles. The van der Waals surface area contributed by atoms with Gasteiger partial charge < -0.3 is 24.8 Å². The summed E-state index contributed by atoms with van der Waals surface area (Å²) in [6, 6.07) is 3.43. The molecule has 3 aromatic rings. The molecule has 3 atom stereocenters. The molecule has 1 amide bonds. The van der Waals surface area contributed by atoms with E-state index >= 15 is 4.39 Å². The normalized spacial score (nSPS) is 30.0. The molecule has 33 heavy (non-hydrogen) atoms. The van der Waals surface area contributed by atoms with Gasteiger partial charge in [-0.3, -0.25) is 9.50 Å². The highest BCUT2D eigenvalue weighted by molar-refractivity contribution is 5.69. The SMILES string of the molecule is COCc1cn2c(Nc3cc([C@H]4OC[C@@H](OC(=O)NC56CC(C5)C6)[C@@H]4F)[nH]n3)nccc2n1. The first-order valence-electron chi connectivity index (χ1n) is 10.9. The number of H-pyrrole nitrogens is 1. The molecule has 3 N–H and O–H groups in total. The molecule has 0 spiro atoms. The quantitative estimate of drug-likeness (QED) is 0.494. The Kier molecular flexibility index (Phi) is 4.73. The Morgan fingerprint density at radius 1 is 1.42 bits per heavy atom. The number of alkyl halides is 1. The van der Waals surface area contributed by atoms with Crippen LogP contribution in [0.1, 0.15) is 36.8 Å². The number of nitrogens with one attached hydrogen (secondary N) is 3. The summed E-state index contributed by atoms with van der Waals surface area (Å²) >= 11 is 0. The fraction of sp³-hybridized carbons (Fsp3) is 0.524. The number of amides is 1. The Morgan fingerprint density at radius 3 is 3.03 bits per heavy atom. The van der Waals surface area contributed by atoms with Crippen molar-refractivity contribution in [3.63, 3.8) is 0 Å². The molecule has 0 unspecified atom stereocenters. The van der Waals surface area contributed by atoms with Crippen molar-refractivity contribution in [2.24, 2.45) is 5.92 Å². The number of anilines is 2. The molecule has 4 heterocycles. The van der Waals surface area contributed by atoms with Crippen molar-refractivity contribution in [3.8, 4) is 0 Å². The van der Waals surface area contributed by atoms with Crippen molar-refractivity contribution >= 4 is 23.5 Å². The van der Waals surface area contributed by atoms with Crippen molar-refractivity contribution in [3.05, 3.63) is 35.9 Å². The number of alkyl carbamates (subject to hydrolysis) is 1. The van der Waals surface area contributed by atoms with Crippen LogP contribution in [0.2, 0.25) is 0 Å². The van der Waals surface area contributed by atoms with Crippen molar-refractivity contribution in [1.82, 2.24) is 29.9 Å². The predicted octanol–water partition coefficient (Wildman–Crippen LogP) is 2.40. The van der Waals surface area contributed by atoms with E-state index in [0.717, 1.165) is 30.9 Å². The number of rotatable bonds is 7. The van der Waals surface area contributed by atoms with E-state index in [-0.39, 0.29) is 12.1 Å². The molecule has 0 radical (unpaired) electrons. The molecule has 2 bridgehead atoms. The number of ether oxygens (including phenoxy) is 3. The second-order valence-electron chi connectivity index (χ2n) is 9.02. The molecule has 4 fully saturated rings. The Bertz CT molecular complexity index is 1180. The van der Waals surface area contributed by atoms with Crippen LogP contribution in [0.3, 0.4) is 0 Å². The second kappa shape index (κ2) is 7.66. The number of methoxy groups -OCH3 is 1. The minimum Gasteiger partial charge on any atom is -0.441 e. The molecule has 1 saturated heterocycles. The zero-order chi connectivity index (χ0) is 22.6. The molecule has 3 aliphatic carbocycles. The largest absolute Gasteiger partial charge is 0.441 e. The van der Waals surface area contributed by atoms with E-state index in [1.54, 1.807) is 29.8 Å². The van der Waals surface area contributed by atoms with Gasteiger partial charge in [0.25, 0.3) is 0 Å². The second-order valence-corrected chi connectivity index (χ2v) is 9.02. The number of hydrogen-bond donors (Lipinski definition) is 3. The van der Waals surface area contributed by atoms with E-state index in [0.29, 0.717) is 29.7 Å². The van der Waals surface area contributed by atoms with E-state index < -0.39 is 24.5 Å². The minimum absolute atomic E-state index is 0.0190. The lowest BCUT2D eigenvalue weighted by atomic mass is 9.50. The first-order valence-corrected chi connectivity index (χ1v) is 10.9. The number of aromatic nitrogens is 5. The Morgan fingerprint density at radius 2 is 2.27 bits per heavy atom. The minimum atomic E-state index is -1.51. The Balaban J connectivity index is 1.11. The summed E-state index contributed by atoms with van der Waals surface area (Å²) in [5.41, 5.74) is 1.79. The number of carbonyl (C=O) groups excluding carboxylic acids is 1. The van der Waals surface area contributed by atoms with E-state index in [9.17, 15) is 4.79 Å². The van der Waals surface area contributed by atoms with E-state index in [2.05, 4.69) is 30.8 Å². The van der Waals surface area contributed by atoms with Crippen LogP contribution in [0, 0.1) is 5.92 Å². The maximum atomic E-state index is 15.0. The van der Waals surface area contributed by atoms with Gasteiger partial charge in [-0.1, -0.05) is 0 Å². The molecule has 4 aliphatic rings. The number of fused-ring (bicyclic) bond motifs is 1. The van der Waals surface area contributed by atoms with Gasteiger partial charge in [0.2, 0.25) is 5.95 Å². The highest BCUT2D eigenvalue weighted by Gasteiger charge is 2.58. The first-order chi connectivity index (χ1) is 16.0. The van der Waals surface area contributed by atoms with Gasteiger partial charge in [-0.15, -0.1) is 0 Å². The van der Waals surface area contributed by atoms with Gasteiger partial charge in [-0.05, 0) is 31.2 Å². The third-order valence-corrected chi connectivity index (χ3v) is 6.62. The lowest BCUT2D eigenvalue weighted by molar-refractivity contribution is -0.0528. The summed E-state index contributed by atoms with van der Waals surface area (Å²) in [5, 5.41) is 13.0. The predicted molar refractivity (Wildman–Crippen MR) is 113 cm³/mol. The molecule has 0 aromatic carbocycles. The number of imidazole rings is 1. The van der Waals surface area contributed by atoms with Gasteiger partial charge >= 0.3 is 6.09 Å². The molecule has 174 valence electrons. The number of carbonyl (C=O) groups is 1. The average molecular weight is 457 g/mol. The van der Waals surface area contributed by atoms with Crippen LogP contribution in [0.15, 0.2) is 24.5 Å². The summed E-state index contributed by atoms with van der Waals surface area (Å²) < 4.78 is 32.8. The van der Waals surface area contributed by atoms with Crippen LogP contribution in [0.5, 0.6) is 0 Å². The van der Waals surface area contributed by atoms with Crippen LogP contribution in [0.4, 0.5) is 21.0 Å². The van der Waals surface area contributed by atoms with E-state index in [1.807, 2.05) is 6.20 Å². The van der Waals surface area contributed by atoms with Crippen molar-refractivity contribution in [2.45, 2.75) is 49.8 Å². The van der Waals surface area contributed by atoms with Crippen molar-refractivity contribution in [1.29, 1.82) is 0 Å². The number of nitrogens with zero attached hydrogens (tertiary/aromatic N) is 4. The zero-order valence-corrected chi connectivity index (χ0v) is 18.0. The van der Waals surface area contributed by atoms with Crippen LogP contribution in [-0.4, -0.2) is 62.2 Å². The number of halogens is 1. The van der Waals surface area contributed by atoms with Gasteiger partial charge in [-0.2, -0.15) is 5.10 Å². The number of aromatic amines is 1. The lowest BCUT2D eigenvalue weighted by Crippen LogP contribution is -2.68. The monoisotopic (exact) mass is 457 g/mol. The van der Waals surface area contributed by atoms with E-state index in [1.165, 1.54) is 0 Å². The summed E-state index contributed by atoms with van der Waals surface area (Å²) in [4.78, 5) is 21.0. The van der Waals surface area contributed by atoms with Crippen molar-refractivity contribution < 1.29 is 23.4 Å². The molecule has 7 rings (SSSR count). The smallest absolute Gasteiger partial charge is 0.408 e. The molecule has 11 nitrogen and oxygen atoms in total. The fourth-order valence-corrected chi connectivity index (χ4v) is 4.89. The maximum Gasteiger partial charge on any atom is 0.408 e. The third kappa shape index (κ3) is 3.59. The Hall–Kier alpha value is -3.25. The zero-order valence-electron chi connectivity index (χ0n) is 18.0. The summed E-state index contributed by atoms with van der Waals surface area (Å²) in [6.45, 7) is 0.363. The van der Waals surface area contributed by atoms with Crippen LogP contribution >= 0.6 is 0 Å². The Labute approximate surface area is 188 Å². The lowest BCUT2D eigenvalue weighted by Gasteiger charge is -2.61. The molecule has 3 saturated carbocycles. The summed E-state index contributed by atoms with van der Waals surface area (Å²) in [7, 11) is 1.61. The van der Waals surface area contributed by atoms with Gasteiger partial charge in [0.15, 0.2) is 18.1 Å². The molecule has 12 heteroatoms. The molecule has 3 aromatic heterocycles. The molecular weight excluding hydrogens is 433 g/mol.